The van der Waals surface area contributed by atoms with Crippen molar-refractivity contribution in [1.29, 1.82) is 0 Å². The molecule has 2 aromatic rings. The van der Waals surface area contributed by atoms with Crippen molar-refractivity contribution in [2.24, 2.45) is 7.05 Å². The fraction of sp³-hybridized carbons (Fsp3) is 0.250. The maximum absolute atomic E-state index is 11.3. The highest BCUT2D eigenvalue weighted by molar-refractivity contribution is 5.86. The van der Waals surface area contributed by atoms with Gasteiger partial charge >= 0.3 is 5.97 Å². The smallest absolute Gasteiger partial charge is 0.330 e. The summed E-state index contributed by atoms with van der Waals surface area (Å²) in [5, 5.41) is 4.24. The predicted molar refractivity (Wildman–Crippen MR) is 79.6 cm³/mol. The Labute approximate surface area is 123 Å². The maximum atomic E-state index is 11.3. The van der Waals surface area contributed by atoms with E-state index in [2.05, 4.69) is 5.10 Å². The van der Waals surface area contributed by atoms with E-state index < -0.39 is 0 Å². The third-order valence-electron chi connectivity index (χ3n) is 2.80. The van der Waals surface area contributed by atoms with Gasteiger partial charge in [-0.1, -0.05) is 30.3 Å². The zero-order valence-corrected chi connectivity index (χ0v) is 12.2. The third-order valence-corrected chi connectivity index (χ3v) is 2.80. The molecular formula is C16H18N2O3. The largest absolute Gasteiger partial charge is 0.472 e. The lowest BCUT2D eigenvalue weighted by Gasteiger charge is -2.01. The standard InChI is InChI=1S/C16H18N2O3/c1-3-20-16(19)10-9-14-11-15(17-18(14)2)21-12-13-7-5-4-6-8-13/h4-11H,3,12H2,1-2H3. The van der Waals surface area contributed by atoms with Crippen LogP contribution in [0, 0.1) is 0 Å². The number of hydrogen-bond acceptors (Lipinski definition) is 4. The molecule has 0 bridgehead atoms. The molecule has 0 fully saturated rings. The van der Waals surface area contributed by atoms with Gasteiger partial charge in [-0.15, -0.1) is 5.10 Å². The van der Waals surface area contributed by atoms with Gasteiger partial charge in [0.1, 0.15) is 6.61 Å². The van der Waals surface area contributed by atoms with Gasteiger partial charge in [0.05, 0.1) is 12.3 Å². The summed E-state index contributed by atoms with van der Waals surface area (Å²) in [5.74, 6) is 0.148. The molecule has 5 heteroatoms. The first-order valence-corrected chi connectivity index (χ1v) is 6.74. The lowest BCUT2D eigenvalue weighted by atomic mass is 10.2. The van der Waals surface area contributed by atoms with Crippen molar-refractivity contribution in [3.05, 3.63) is 53.7 Å². The van der Waals surface area contributed by atoms with E-state index in [1.54, 1.807) is 30.8 Å². The van der Waals surface area contributed by atoms with Gasteiger partial charge in [-0.2, -0.15) is 0 Å². The van der Waals surface area contributed by atoms with Crippen molar-refractivity contribution < 1.29 is 14.3 Å². The van der Waals surface area contributed by atoms with Crippen LogP contribution in [-0.2, 0) is 23.2 Å². The highest BCUT2D eigenvalue weighted by Crippen LogP contribution is 2.14. The molecule has 0 unspecified atom stereocenters. The second kappa shape index (κ2) is 7.28. The number of aromatic nitrogens is 2. The van der Waals surface area contributed by atoms with E-state index >= 15 is 0 Å². The van der Waals surface area contributed by atoms with Gasteiger partial charge in [0.25, 0.3) is 0 Å². The Kier molecular flexibility index (Phi) is 5.15. The molecule has 0 saturated heterocycles. The molecule has 0 spiro atoms. The molecule has 0 amide bonds. The minimum atomic E-state index is -0.370. The maximum Gasteiger partial charge on any atom is 0.330 e. The van der Waals surface area contributed by atoms with Gasteiger partial charge in [-0.05, 0) is 18.6 Å². The number of carbonyl (C=O) groups excluding carboxylic acids is 1. The Balaban J connectivity index is 1.97. The summed E-state index contributed by atoms with van der Waals surface area (Å²) in [7, 11) is 1.79. The average molecular weight is 286 g/mol. The van der Waals surface area contributed by atoms with Crippen LogP contribution in [0.5, 0.6) is 5.88 Å². The summed E-state index contributed by atoms with van der Waals surface area (Å²) in [5.41, 5.74) is 1.85. The van der Waals surface area contributed by atoms with Crippen LogP contribution in [0.1, 0.15) is 18.2 Å². The molecule has 1 heterocycles. The van der Waals surface area contributed by atoms with Crippen molar-refractivity contribution in [3.8, 4) is 5.88 Å². The normalized spacial score (nSPS) is 10.8. The molecule has 0 saturated carbocycles. The van der Waals surface area contributed by atoms with Crippen LogP contribution in [0.3, 0.4) is 0 Å². The summed E-state index contributed by atoms with van der Waals surface area (Å²) >= 11 is 0. The van der Waals surface area contributed by atoms with Crippen molar-refractivity contribution in [2.75, 3.05) is 6.61 Å². The summed E-state index contributed by atoms with van der Waals surface area (Å²) in [4.78, 5) is 11.3. The topological polar surface area (TPSA) is 53.4 Å². The Morgan fingerprint density at radius 1 is 1.33 bits per heavy atom. The molecule has 0 radical (unpaired) electrons. The first-order chi connectivity index (χ1) is 10.2. The number of rotatable bonds is 6. The van der Waals surface area contributed by atoms with Gasteiger partial charge in [0.15, 0.2) is 0 Å². The fourth-order valence-corrected chi connectivity index (χ4v) is 1.76. The van der Waals surface area contributed by atoms with Crippen molar-refractivity contribution in [2.45, 2.75) is 13.5 Å². The number of aryl methyl sites for hydroxylation is 1. The van der Waals surface area contributed by atoms with Crippen LogP contribution in [0.2, 0.25) is 0 Å². The van der Waals surface area contributed by atoms with E-state index in [1.165, 1.54) is 6.08 Å². The number of benzene rings is 1. The number of ether oxygens (including phenoxy) is 2. The van der Waals surface area contributed by atoms with Crippen molar-refractivity contribution in [1.82, 2.24) is 9.78 Å². The monoisotopic (exact) mass is 286 g/mol. The van der Waals surface area contributed by atoms with E-state index in [-0.39, 0.29) is 5.97 Å². The number of esters is 1. The second-order valence-electron chi connectivity index (χ2n) is 4.39. The Hall–Kier alpha value is -2.56. The van der Waals surface area contributed by atoms with Crippen LogP contribution in [0.25, 0.3) is 6.08 Å². The van der Waals surface area contributed by atoms with Gasteiger partial charge in [0, 0.05) is 19.2 Å². The predicted octanol–water partition coefficient (Wildman–Crippen LogP) is 2.58. The van der Waals surface area contributed by atoms with Crippen LogP contribution < -0.4 is 4.74 Å². The first kappa shape index (κ1) is 14.8. The molecule has 0 aliphatic carbocycles. The Bertz CT molecular complexity index is 618. The molecule has 2 rings (SSSR count). The Morgan fingerprint density at radius 3 is 2.81 bits per heavy atom. The number of hydrogen-bond donors (Lipinski definition) is 0. The quantitative estimate of drug-likeness (QED) is 0.605. The molecule has 21 heavy (non-hydrogen) atoms. The molecule has 5 nitrogen and oxygen atoms in total. The summed E-state index contributed by atoms with van der Waals surface area (Å²) in [6.45, 7) is 2.59. The highest BCUT2D eigenvalue weighted by atomic mass is 16.5. The number of carbonyl (C=O) groups is 1. The molecule has 0 aliphatic rings. The van der Waals surface area contributed by atoms with Gasteiger partial charge in [-0.3, -0.25) is 4.68 Å². The van der Waals surface area contributed by atoms with Crippen molar-refractivity contribution >= 4 is 12.0 Å². The SMILES string of the molecule is CCOC(=O)C=Cc1cc(OCc2ccccc2)nn1C. The van der Waals surface area contributed by atoms with Crippen LogP contribution in [0.15, 0.2) is 42.5 Å². The lowest BCUT2D eigenvalue weighted by molar-refractivity contribution is -0.137. The van der Waals surface area contributed by atoms with E-state index in [0.717, 1.165) is 11.3 Å². The van der Waals surface area contributed by atoms with Crippen LogP contribution >= 0.6 is 0 Å². The van der Waals surface area contributed by atoms with Gasteiger partial charge in [0.2, 0.25) is 5.88 Å². The third kappa shape index (κ3) is 4.49. The van der Waals surface area contributed by atoms with E-state index in [9.17, 15) is 4.79 Å². The van der Waals surface area contributed by atoms with E-state index in [0.29, 0.717) is 19.1 Å². The second-order valence-corrected chi connectivity index (χ2v) is 4.39. The molecular weight excluding hydrogens is 268 g/mol. The van der Waals surface area contributed by atoms with Gasteiger partial charge in [-0.25, -0.2) is 4.79 Å². The zero-order chi connectivity index (χ0) is 15.1. The minimum Gasteiger partial charge on any atom is -0.472 e. The fourth-order valence-electron chi connectivity index (χ4n) is 1.76. The van der Waals surface area contributed by atoms with Crippen molar-refractivity contribution in [3.63, 3.8) is 0 Å². The average Bonchev–Trinajstić information content (AvgIpc) is 2.85. The molecule has 1 aromatic carbocycles. The summed E-state index contributed by atoms with van der Waals surface area (Å²) < 4.78 is 12.1. The van der Waals surface area contributed by atoms with Gasteiger partial charge < -0.3 is 9.47 Å². The van der Waals surface area contributed by atoms with E-state index in [1.807, 2.05) is 30.3 Å². The Morgan fingerprint density at radius 2 is 2.10 bits per heavy atom. The van der Waals surface area contributed by atoms with Crippen LogP contribution in [-0.4, -0.2) is 22.4 Å². The molecule has 1 aromatic heterocycles. The van der Waals surface area contributed by atoms with E-state index in [4.69, 9.17) is 9.47 Å². The molecule has 0 aliphatic heterocycles. The van der Waals surface area contributed by atoms with Crippen LogP contribution in [0.4, 0.5) is 0 Å². The lowest BCUT2D eigenvalue weighted by Crippen LogP contribution is -1.99. The summed E-state index contributed by atoms with van der Waals surface area (Å²) in [6, 6.07) is 11.6. The molecule has 0 N–H and O–H groups in total. The first-order valence-electron chi connectivity index (χ1n) is 6.74. The highest BCUT2D eigenvalue weighted by Gasteiger charge is 2.04. The molecule has 110 valence electrons. The zero-order valence-electron chi connectivity index (χ0n) is 12.2. The number of nitrogens with zero attached hydrogens (tertiary/aromatic N) is 2. The minimum absolute atomic E-state index is 0.361. The molecule has 0 atom stereocenters. The summed E-state index contributed by atoms with van der Waals surface area (Å²) in [6.07, 6.45) is 3.03.